The van der Waals surface area contributed by atoms with E-state index in [9.17, 15) is 9.59 Å². The average Bonchev–Trinajstić information content (AvgIpc) is 3.49. The van der Waals surface area contributed by atoms with E-state index >= 15 is 0 Å². The van der Waals surface area contributed by atoms with E-state index in [1.54, 1.807) is 24.3 Å². The molecule has 2 fully saturated rings. The molecule has 0 aromatic heterocycles. The molecule has 1 aliphatic heterocycles. The number of piperidine rings is 1. The molecule has 198 valence electrons. The molecule has 0 spiro atoms. The van der Waals surface area contributed by atoms with E-state index in [0.717, 1.165) is 63.7 Å². The van der Waals surface area contributed by atoms with Gasteiger partial charge < -0.3 is 10.2 Å². The average molecular weight is 510 g/mol. The predicted octanol–water partition coefficient (Wildman–Crippen LogP) is 6.84. The second-order valence-corrected chi connectivity index (χ2v) is 11.3. The third kappa shape index (κ3) is 5.85. The molecule has 38 heavy (non-hydrogen) atoms. The standard InChI is InChI=1S/C33H39N3O2/c1-2-24-10-11-25-12-14-30(35-32(37)29-9-5-6-23(20-29)22-34)21-28(25)13-15-31(24)26-16-18-36(19-17-26)33(38)27-7-3-4-8-27/h5-6,9-12,14,20-21,24,26-27,31H,2-4,7-8,13,15-19H2,1H3,(H,35,37). The third-order valence-electron chi connectivity index (χ3n) is 9.11. The molecule has 3 aliphatic rings. The van der Waals surface area contributed by atoms with Crippen LogP contribution in [-0.4, -0.2) is 29.8 Å². The Balaban J connectivity index is 1.25. The van der Waals surface area contributed by atoms with Crippen molar-refractivity contribution in [2.75, 3.05) is 18.4 Å². The highest BCUT2D eigenvalue weighted by molar-refractivity contribution is 6.04. The number of nitriles is 1. The molecular formula is C33H39N3O2. The molecule has 0 radical (unpaired) electrons. The van der Waals surface area contributed by atoms with Gasteiger partial charge in [0.25, 0.3) is 5.91 Å². The number of anilines is 1. The summed E-state index contributed by atoms with van der Waals surface area (Å²) in [6.45, 7) is 4.12. The number of fused-ring (bicyclic) bond motifs is 1. The van der Waals surface area contributed by atoms with Gasteiger partial charge in [-0.15, -0.1) is 0 Å². The van der Waals surface area contributed by atoms with Gasteiger partial charge in [0.1, 0.15) is 0 Å². The van der Waals surface area contributed by atoms with Crippen molar-refractivity contribution in [3.8, 4) is 6.07 Å². The lowest BCUT2D eigenvalue weighted by molar-refractivity contribution is -0.137. The highest BCUT2D eigenvalue weighted by Gasteiger charge is 2.34. The Hall–Kier alpha value is -3.39. The summed E-state index contributed by atoms with van der Waals surface area (Å²) in [5, 5.41) is 12.2. The minimum atomic E-state index is -0.203. The molecule has 1 saturated carbocycles. The SMILES string of the molecule is CCC1C=Cc2ccc(NC(=O)c3cccc(C#N)c3)cc2CCC1C1CCN(C(=O)C2CCCC2)CC1. The molecule has 1 heterocycles. The Kier molecular flexibility index (Phi) is 8.27. The Labute approximate surface area is 226 Å². The quantitative estimate of drug-likeness (QED) is 0.479. The molecule has 2 amide bonds. The summed E-state index contributed by atoms with van der Waals surface area (Å²) in [6.07, 6.45) is 14.7. The van der Waals surface area contributed by atoms with Gasteiger partial charge >= 0.3 is 0 Å². The van der Waals surface area contributed by atoms with Crippen molar-refractivity contribution in [2.24, 2.45) is 23.7 Å². The molecule has 5 heteroatoms. The summed E-state index contributed by atoms with van der Waals surface area (Å²) in [6, 6.07) is 15.1. The lowest BCUT2D eigenvalue weighted by atomic mass is 9.71. The van der Waals surface area contributed by atoms with Gasteiger partial charge in [0.2, 0.25) is 5.91 Å². The van der Waals surface area contributed by atoms with E-state index in [2.05, 4.69) is 47.5 Å². The molecular weight excluding hydrogens is 470 g/mol. The van der Waals surface area contributed by atoms with E-state index in [4.69, 9.17) is 5.26 Å². The van der Waals surface area contributed by atoms with Crippen molar-refractivity contribution < 1.29 is 9.59 Å². The number of carbonyl (C=O) groups excluding carboxylic acids is 2. The number of nitrogens with one attached hydrogen (secondary N) is 1. The molecule has 1 N–H and O–H groups in total. The number of amides is 2. The van der Waals surface area contributed by atoms with Gasteiger partial charge in [-0.05, 0) is 104 Å². The number of benzene rings is 2. The van der Waals surface area contributed by atoms with E-state index in [0.29, 0.717) is 34.8 Å². The zero-order valence-electron chi connectivity index (χ0n) is 22.5. The van der Waals surface area contributed by atoms with Crippen molar-refractivity contribution >= 4 is 23.6 Å². The van der Waals surface area contributed by atoms with Gasteiger partial charge in [-0.3, -0.25) is 9.59 Å². The van der Waals surface area contributed by atoms with Crippen LogP contribution in [0, 0.1) is 35.0 Å². The minimum absolute atomic E-state index is 0.203. The number of hydrogen-bond donors (Lipinski definition) is 1. The van der Waals surface area contributed by atoms with Crippen molar-refractivity contribution in [1.82, 2.24) is 4.90 Å². The van der Waals surface area contributed by atoms with Crippen LogP contribution in [0.1, 0.15) is 85.3 Å². The summed E-state index contributed by atoms with van der Waals surface area (Å²) in [7, 11) is 0. The van der Waals surface area contributed by atoms with E-state index in [-0.39, 0.29) is 11.8 Å². The normalized spacial score (nSPS) is 22.3. The molecule has 2 aliphatic carbocycles. The Morgan fingerprint density at radius 1 is 1.03 bits per heavy atom. The predicted molar refractivity (Wildman–Crippen MR) is 151 cm³/mol. The van der Waals surface area contributed by atoms with Crippen LogP contribution in [-0.2, 0) is 11.2 Å². The first-order valence-electron chi connectivity index (χ1n) is 14.5. The van der Waals surface area contributed by atoms with E-state index < -0.39 is 0 Å². The number of allylic oxidation sites excluding steroid dienone is 1. The number of nitrogens with zero attached hydrogens (tertiary/aromatic N) is 2. The second-order valence-electron chi connectivity index (χ2n) is 11.3. The van der Waals surface area contributed by atoms with E-state index in [1.807, 2.05) is 6.07 Å². The maximum absolute atomic E-state index is 12.9. The monoisotopic (exact) mass is 509 g/mol. The first-order chi connectivity index (χ1) is 18.6. The smallest absolute Gasteiger partial charge is 0.255 e. The van der Waals surface area contributed by atoms with Crippen molar-refractivity contribution in [3.05, 3.63) is 70.8 Å². The molecule has 0 bridgehead atoms. The van der Waals surface area contributed by atoms with Gasteiger partial charge in [-0.25, -0.2) is 0 Å². The lowest BCUT2D eigenvalue weighted by Crippen LogP contribution is -2.43. The highest BCUT2D eigenvalue weighted by Crippen LogP contribution is 2.39. The largest absolute Gasteiger partial charge is 0.342 e. The minimum Gasteiger partial charge on any atom is -0.342 e. The van der Waals surface area contributed by atoms with Crippen LogP contribution >= 0.6 is 0 Å². The van der Waals surface area contributed by atoms with Crippen molar-refractivity contribution in [1.29, 1.82) is 5.26 Å². The fourth-order valence-electron chi connectivity index (χ4n) is 6.91. The second kappa shape index (κ2) is 12.0. The first kappa shape index (κ1) is 26.2. The summed E-state index contributed by atoms with van der Waals surface area (Å²) < 4.78 is 0. The van der Waals surface area contributed by atoms with Crippen LogP contribution in [0.2, 0.25) is 0 Å². The lowest BCUT2D eigenvalue weighted by Gasteiger charge is -2.40. The number of hydrogen-bond acceptors (Lipinski definition) is 3. The van der Waals surface area contributed by atoms with Gasteiger partial charge in [0, 0.05) is 30.3 Å². The topological polar surface area (TPSA) is 73.2 Å². The molecule has 2 atom stereocenters. The summed E-state index contributed by atoms with van der Waals surface area (Å²) in [4.78, 5) is 27.9. The van der Waals surface area contributed by atoms with Crippen LogP contribution < -0.4 is 5.32 Å². The zero-order valence-corrected chi connectivity index (χ0v) is 22.5. The van der Waals surface area contributed by atoms with Gasteiger partial charge in [0.05, 0.1) is 11.6 Å². The summed E-state index contributed by atoms with van der Waals surface area (Å²) in [5.41, 5.74) is 4.24. The van der Waals surface area contributed by atoms with Crippen LogP contribution in [0.15, 0.2) is 48.5 Å². The van der Waals surface area contributed by atoms with Crippen LogP contribution in [0.3, 0.4) is 0 Å². The fourth-order valence-corrected chi connectivity index (χ4v) is 6.91. The van der Waals surface area contributed by atoms with Gasteiger partial charge in [0.15, 0.2) is 0 Å². The number of likely N-dealkylation sites (tertiary alicyclic amines) is 1. The maximum Gasteiger partial charge on any atom is 0.255 e. The van der Waals surface area contributed by atoms with E-state index in [1.165, 1.54) is 24.0 Å². The molecule has 2 unspecified atom stereocenters. The highest BCUT2D eigenvalue weighted by atomic mass is 16.2. The van der Waals surface area contributed by atoms with Crippen LogP contribution in [0.25, 0.3) is 6.08 Å². The Morgan fingerprint density at radius 2 is 1.82 bits per heavy atom. The van der Waals surface area contributed by atoms with Crippen LogP contribution in [0.5, 0.6) is 0 Å². The number of rotatable bonds is 5. The van der Waals surface area contributed by atoms with Crippen LogP contribution in [0.4, 0.5) is 5.69 Å². The fraction of sp³-hybridized carbons (Fsp3) is 0.485. The Morgan fingerprint density at radius 3 is 2.55 bits per heavy atom. The van der Waals surface area contributed by atoms with Crippen molar-refractivity contribution in [3.63, 3.8) is 0 Å². The molecule has 5 rings (SSSR count). The summed E-state index contributed by atoms with van der Waals surface area (Å²) >= 11 is 0. The summed E-state index contributed by atoms with van der Waals surface area (Å²) in [5.74, 6) is 2.30. The van der Waals surface area contributed by atoms with Gasteiger partial charge in [-0.1, -0.05) is 44.1 Å². The zero-order chi connectivity index (χ0) is 26.5. The molecule has 5 nitrogen and oxygen atoms in total. The number of aryl methyl sites for hydroxylation is 1. The van der Waals surface area contributed by atoms with Gasteiger partial charge in [-0.2, -0.15) is 5.26 Å². The first-order valence-corrected chi connectivity index (χ1v) is 14.5. The third-order valence-corrected chi connectivity index (χ3v) is 9.11. The Bertz CT molecular complexity index is 1230. The number of carbonyl (C=O) groups is 2. The maximum atomic E-state index is 12.9. The molecule has 1 saturated heterocycles. The molecule has 2 aromatic rings. The van der Waals surface area contributed by atoms with Crippen molar-refractivity contribution in [2.45, 2.75) is 64.7 Å². The molecule has 2 aromatic carbocycles.